The highest BCUT2D eigenvalue weighted by atomic mass is 35.5. The van der Waals surface area contributed by atoms with Crippen molar-refractivity contribution in [3.63, 3.8) is 0 Å². The summed E-state index contributed by atoms with van der Waals surface area (Å²) in [6.45, 7) is 2.81. The van der Waals surface area contributed by atoms with Gasteiger partial charge >= 0.3 is 0 Å². The van der Waals surface area contributed by atoms with E-state index in [1.165, 1.54) is 12.1 Å². The van der Waals surface area contributed by atoms with Crippen molar-refractivity contribution in [1.82, 2.24) is 0 Å². The summed E-state index contributed by atoms with van der Waals surface area (Å²) < 4.78 is 5.05. The molecule has 16 heavy (non-hydrogen) atoms. The van der Waals surface area contributed by atoms with Gasteiger partial charge in [-0.15, -0.1) is 0 Å². The fourth-order valence-corrected chi connectivity index (χ4v) is 1.30. The lowest BCUT2D eigenvalue weighted by Crippen LogP contribution is -2.14. The Morgan fingerprint density at radius 3 is 3.00 bits per heavy atom. The molecule has 1 amide bonds. The fraction of sp³-hybridized carbons (Fsp3) is 0.364. The van der Waals surface area contributed by atoms with Crippen molar-refractivity contribution in [2.24, 2.45) is 0 Å². The number of phenolic OH excluding ortho intramolecular Hbond substituents is 1. The molecule has 5 heteroatoms. The zero-order valence-electron chi connectivity index (χ0n) is 9.00. The van der Waals surface area contributed by atoms with Gasteiger partial charge in [0.25, 0.3) is 0 Å². The highest BCUT2D eigenvalue weighted by Crippen LogP contribution is 2.26. The van der Waals surface area contributed by atoms with E-state index < -0.39 is 0 Å². The summed E-state index contributed by atoms with van der Waals surface area (Å²) in [5.41, 5.74) is 0.314. The number of hydrogen-bond donors (Lipinski definition) is 2. The van der Waals surface area contributed by atoms with Crippen LogP contribution in [0.4, 0.5) is 5.69 Å². The van der Waals surface area contributed by atoms with Crippen LogP contribution >= 0.6 is 11.6 Å². The number of amides is 1. The summed E-state index contributed by atoms with van der Waals surface area (Å²) in [5.74, 6) is -0.222. The van der Waals surface area contributed by atoms with Crippen molar-refractivity contribution in [1.29, 1.82) is 0 Å². The number of hydrogen-bond acceptors (Lipinski definition) is 3. The Morgan fingerprint density at radius 2 is 2.31 bits per heavy atom. The third-order valence-corrected chi connectivity index (χ3v) is 2.15. The van der Waals surface area contributed by atoms with Crippen LogP contribution in [-0.2, 0) is 9.53 Å². The maximum absolute atomic E-state index is 11.4. The standard InChI is InChI=1S/C11H14ClNO3/c1-2-16-6-5-11(15)13-9-7-8(12)3-4-10(9)14/h3-4,7,14H,2,5-6H2,1H3,(H,13,15). The number of carbonyl (C=O) groups excluding carboxylic acids is 1. The molecule has 0 atom stereocenters. The third kappa shape index (κ3) is 4.08. The van der Waals surface area contributed by atoms with Crippen LogP contribution in [0.5, 0.6) is 5.75 Å². The van der Waals surface area contributed by atoms with Crippen LogP contribution in [0.15, 0.2) is 18.2 Å². The molecule has 1 rings (SSSR count). The molecule has 0 aliphatic carbocycles. The molecule has 0 aliphatic heterocycles. The van der Waals surface area contributed by atoms with E-state index in [0.717, 1.165) is 0 Å². The second kappa shape index (κ2) is 6.35. The topological polar surface area (TPSA) is 58.6 Å². The summed E-state index contributed by atoms with van der Waals surface area (Å²) in [4.78, 5) is 11.4. The van der Waals surface area contributed by atoms with Crippen LogP contribution in [0.3, 0.4) is 0 Å². The van der Waals surface area contributed by atoms with Crippen molar-refractivity contribution >= 4 is 23.2 Å². The van der Waals surface area contributed by atoms with Crippen molar-refractivity contribution in [3.8, 4) is 5.75 Å². The van der Waals surface area contributed by atoms with E-state index in [1.807, 2.05) is 6.92 Å². The first kappa shape index (κ1) is 12.8. The first-order valence-corrected chi connectivity index (χ1v) is 5.37. The first-order chi connectivity index (χ1) is 7.63. The Morgan fingerprint density at radius 1 is 1.56 bits per heavy atom. The van der Waals surface area contributed by atoms with Crippen LogP contribution < -0.4 is 5.32 Å². The zero-order valence-corrected chi connectivity index (χ0v) is 9.75. The molecule has 1 aromatic rings. The average molecular weight is 244 g/mol. The maximum Gasteiger partial charge on any atom is 0.226 e. The molecular formula is C11H14ClNO3. The van der Waals surface area contributed by atoms with Crippen LogP contribution in [0.25, 0.3) is 0 Å². The summed E-state index contributed by atoms with van der Waals surface area (Å²) in [5, 5.41) is 12.5. The van der Waals surface area contributed by atoms with Crippen molar-refractivity contribution in [2.75, 3.05) is 18.5 Å². The van der Waals surface area contributed by atoms with Crippen LogP contribution in [0, 0.1) is 0 Å². The largest absolute Gasteiger partial charge is 0.506 e. The number of benzene rings is 1. The summed E-state index contributed by atoms with van der Waals surface area (Å²) in [7, 11) is 0. The second-order valence-electron chi connectivity index (χ2n) is 3.16. The summed E-state index contributed by atoms with van der Waals surface area (Å²) in [6.07, 6.45) is 0.250. The lowest BCUT2D eigenvalue weighted by molar-refractivity contribution is -0.117. The Hall–Kier alpha value is -1.26. The van der Waals surface area contributed by atoms with Gasteiger partial charge in [0.1, 0.15) is 5.75 Å². The molecule has 0 fully saturated rings. The highest BCUT2D eigenvalue weighted by Gasteiger charge is 2.06. The molecule has 0 radical (unpaired) electrons. The van der Waals surface area contributed by atoms with E-state index in [1.54, 1.807) is 6.07 Å². The van der Waals surface area contributed by atoms with Gasteiger partial charge in [0, 0.05) is 11.6 Å². The predicted molar refractivity (Wildman–Crippen MR) is 62.9 cm³/mol. The molecule has 88 valence electrons. The van der Waals surface area contributed by atoms with Gasteiger partial charge in [-0.05, 0) is 25.1 Å². The summed E-state index contributed by atoms with van der Waals surface area (Å²) >= 11 is 5.74. The van der Waals surface area contributed by atoms with Gasteiger partial charge in [-0.3, -0.25) is 4.79 Å². The molecule has 0 aliphatic rings. The van der Waals surface area contributed by atoms with Gasteiger partial charge in [-0.2, -0.15) is 0 Å². The minimum atomic E-state index is -0.217. The van der Waals surface area contributed by atoms with E-state index in [2.05, 4.69) is 5.32 Å². The quantitative estimate of drug-likeness (QED) is 0.617. The zero-order chi connectivity index (χ0) is 12.0. The van der Waals surface area contributed by atoms with E-state index in [-0.39, 0.29) is 18.1 Å². The number of aromatic hydroxyl groups is 1. The molecule has 0 unspecified atom stereocenters. The number of ether oxygens (including phenoxy) is 1. The van der Waals surface area contributed by atoms with E-state index in [4.69, 9.17) is 16.3 Å². The van der Waals surface area contributed by atoms with E-state index >= 15 is 0 Å². The van der Waals surface area contributed by atoms with Gasteiger partial charge in [-0.25, -0.2) is 0 Å². The lowest BCUT2D eigenvalue weighted by Gasteiger charge is -2.07. The third-order valence-electron chi connectivity index (χ3n) is 1.91. The van der Waals surface area contributed by atoms with Gasteiger partial charge < -0.3 is 15.2 Å². The van der Waals surface area contributed by atoms with Crippen LogP contribution in [-0.4, -0.2) is 24.2 Å². The van der Waals surface area contributed by atoms with Crippen molar-refractivity contribution in [3.05, 3.63) is 23.2 Å². The van der Waals surface area contributed by atoms with Crippen molar-refractivity contribution < 1.29 is 14.6 Å². The minimum Gasteiger partial charge on any atom is -0.506 e. The molecule has 0 saturated carbocycles. The van der Waals surface area contributed by atoms with E-state index in [0.29, 0.717) is 23.9 Å². The predicted octanol–water partition coefficient (Wildman–Crippen LogP) is 2.41. The van der Waals surface area contributed by atoms with Gasteiger partial charge in [0.2, 0.25) is 5.91 Å². The van der Waals surface area contributed by atoms with Gasteiger partial charge in [0.15, 0.2) is 0 Å². The first-order valence-electron chi connectivity index (χ1n) is 4.99. The van der Waals surface area contributed by atoms with Gasteiger partial charge in [0.05, 0.1) is 18.7 Å². The molecule has 4 nitrogen and oxygen atoms in total. The molecule has 0 saturated heterocycles. The van der Waals surface area contributed by atoms with E-state index in [9.17, 15) is 9.90 Å². The number of anilines is 1. The Bertz CT molecular complexity index is 368. The molecule has 0 spiro atoms. The molecule has 1 aromatic carbocycles. The smallest absolute Gasteiger partial charge is 0.226 e. The Kier molecular flexibility index (Phi) is 5.08. The van der Waals surface area contributed by atoms with Crippen molar-refractivity contribution in [2.45, 2.75) is 13.3 Å². The lowest BCUT2D eigenvalue weighted by atomic mass is 10.3. The SMILES string of the molecule is CCOCCC(=O)Nc1cc(Cl)ccc1O. The monoisotopic (exact) mass is 243 g/mol. The number of nitrogens with one attached hydrogen (secondary N) is 1. The number of phenols is 1. The van der Waals surface area contributed by atoms with Crippen LogP contribution in [0.2, 0.25) is 5.02 Å². The van der Waals surface area contributed by atoms with Gasteiger partial charge in [-0.1, -0.05) is 11.6 Å². The molecular weight excluding hydrogens is 230 g/mol. The Balaban J connectivity index is 2.52. The number of halogens is 1. The number of carbonyl (C=O) groups is 1. The van der Waals surface area contributed by atoms with Crippen LogP contribution in [0.1, 0.15) is 13.3 Å². The molecule has 2 N–H and O–H groups in total. The fourth-order valence-electron chi connectivity index (χ4n) is 1.13. The average Bonchev–Trinajstić information content (AvgIpc) is 2.24. The Labute approximate surface area is 99.2 Å². The summed E-state index contributed by atoms with van der Waals surface area (Å²) in [6, 6.07) is 4.47. The maximum atomic E-state index is 11.4. The number of rotatable bonds is 5. The molecule has 0 aromatic heterocycles. The molecule has 0 bridgehead atoms. The highest BCUT2D eigenvalue weighted by molar-refractivity contribution is 6.31. The minimum absolute atomic E-state index is 0.00541. The normalized spacial score (nSPS) is 10.1. The molecule has 0 heterocycles. The second-order valence-corrected chi connectivity index (χ2v) is 3.59.